The summed E-state index contributed by atoms with van der Waals surface area (Å²) >= 11 is 0. The van der Waals surface area contributed by atoms with Crippen LogP contribution in [0.25, 0.3) is 0 Å². The fourth-order valence-corrected chi connectivity index (χ4v) is 1.96. The van der Waals surface area contributed by atoms with Crippen molar-refractivity contribution in [2.75, 3.05) is 13.2 Å². The summed E-state index contributed by atoms with van der Waals surface area (Å²) in [5, 5.41) is 11.9. The van der Waals surface area contributed by atoms with Crippen molar-refractivity contribution in [2.24, 2.45) is 5.92 Å². The van der Waals surface area contributed by atoms with Crippen LogP contribution in [0.3, 0.4) is 0 Å². The van der Waals surface area contributed by atoms with Crippen LogP contribution in [0.4, 0.5) is 0 Å². The number of amides is 1. The number of ether oxygens (including phenoxy) is 1. The summed E-state index contributed by atoms with van der Waals surface area (Å²) in [6, 6.07) is 7.73. The second kappa shape index (κ2) is 8.59. The average molecular weight is 279 g/mol. The first-order valence-electron chi connectivity index (χ1n) is 7.18. The van der Waals surface area contributed by atoms with Gasteiger partial charge in [0, 0.05) is 12.6 Å². The van der Waals surface area contributed by atoms with Crippen LogP contribution < -0.4 is 10.1 Å². The second-order valence-corrected chi connectivity index (χ2v) is 5.22. The summed E-state index contributed by atoms with van der Waals surface area (Å²) in [5.74, 6) is 0.844. The number of aryl methyl sites for hydroxylation is 1. The lowest BCUT2D eigenvalue weighted by atomic mass is 10.0. The Balaban J connectivity index is 2.45. The number of hydrogen-bond acceptors (Lipinski definition) is 3. The molecule has 0 aliphatic rings. The number of aliphatic hydroxyl groups excluding tert-OH is 1. The van der Waals surface area contributed by atoms with Crippen LogP contribution in [0.2, 0.25) is 0 Å². The molecule has 1 atom stereocenters. The van der Waals surface area contributed by atoms with E-state index in [1.807, 2.05) is 38.1 Å². The van der Waals surface area contributed by atoms with Gasteiger partial charge in [0.25, 0.3) is 5.91 Å². The molecule has 0 spiro atoms. The summed E-state index contributed by atoms with van der Waals surface area (Å²) in [4.78, 5) is 11.8. The SMILES string of the molecule is CCc1cccc(OCC(=O)NC(CCO)C(C)C)c1. The van der Waals surface area contributed by atoms with E-state index in [1.165, 1.54) is 5.56 Å². The molecule has 0 saturated carbocycles. The van der Waals surface area contributed by atoms with Gasteiger partial charge in [0.1, 0.15) is 5.75 Å². The normalized spacial score (nSPS) is 12.2. The smallest absolute Gasteiger partial charge is 0.258 e. The first-order valence-corrected chi connectivity index (χ1v) is 7.18. The van der Waals surface area contributed by atoms with Gasteiger partial charge < -0.3 is 15.2 Å². The third kappa shape index (κ3) is 5.61. The standard InChI is InChI=1S/C16H25NO3/c1-4-13-6-5-7-14(10-13)20-11-16(19)17-15(8-9-18)12(2)3/h5-7,10,12,15,18H,4,8-9,11H2,1-3H3,(H,17,19). The zero-order valence-electron chi connectivity index (χ0n) is 12.6. The van der Waals surface area contributed by atoms with Crippen molar-refractivity contribution in [1.29, 1.82) is 0 Å². The summed E-state index contributed by atoms with van der Waals surface area (Å²) in [5.41, 5.74) is 1.18. The number of nitrogens with one attached hydrogen (secondary N) is 1. The van der Waals surface area contributed by atoms with Gasteiger partial charge in [-0.25, -0.2) is 0 Å². The van der Waals surface area contributed by atoms with E-state index in [0.29, 0.717) is 12.2 Å². The van der Waals surface area contributed by atoms with Crippen molar-refractivity contribution >= 4 is 5.91 Å². The van der Waals surface area contributed by atoms with E-state index < -0.39 is 0 Å². The van der Waals surface area contributed by atoms with Gasteiger partial charge in [-0.1, -0.05) is 32.9 Å². The summed E-state index contributed by atoms with van der Waals surface area (Å²) < 4.78 is 5.49. The highest BCUT2D eigenvalue weighted by Crippen LogP contribution is 2.13. The molecule has 0 fully saturated rings. The highest BCUT2D eigenvalue weighted by Gasteiger charge is 2.15. The van der Waals surface area contributed by atoms with Crippen LogP contribution in [-0.2, 0) is 11.2 Å². The van der Waals surface area contributed by atoms with Gasteiger partial charge in [-0.3, -0.25) is 4.79 Å². The molecule has 0 bridgehead atoms. The van der Waals surface area contributed by atoms with E-state index in [1.54, 1.807) is 0 Å². The number of carbonyl (C=O) groups is 1. The maximum atomic E-state index is 11.8. The molecule has 20 heavy (non-hydrogen) atoms. The highest BCUT2D eigenvalue weighted by molar-refractivity contribution is 5.77. The molecule has 0 heterocycles. The van der Waals surface area contributed by atoms with Crippen LogP contribution in [0.1, 0.15) is 32.8 Å². The molecule has 1 unspecified atom stereocenters. The molecule has 4 nitrogen and oxygen atoms in total. The monoisotopic (exact) mass is 279 g/mol. The molecule has 1 amide bonds. The predicted octanol–water partition coefficient (Wildman–Crippen LogP) is 2.15. The van der Waals surface area contributed by atoms with Crippen molar-refractivity contribution in [3.05, 3.63) is 29.8 Å². The Morgan fingerprint density at radius 2 is 2.15 bits per heavy atom. The number of rotatable bonds is 8. The lowest BCUT2D eigenvalue weighted by Gasteiger charge is -2.21. The molecule has 2 N–H and O–H groups in total. The maximum Gasteiger partial charge on any atom is 0.258 e. The third-order valence-corrected chi connectivity index (χ3v) is 3.27. The van der Waals surface area contributed by atoms with E-state index in [0.717, 1.165) is 6.42 Å². The van der Waals surface area contributed by atoms with Gasteiger partial charge in [0.15, 0.2) is 6.61 Å². The zero-order chi connectivity index (χ0) is 15.0. The van der Waals surface area contributed by atoms with Crippen LogP contribution in [0, 0.1) is 5.92 Å². The van der Waals surface area contributed by atoms with E-state index >= 15 is 0 Å². The van der Waals surface area contributed by atoms with Gasteiger partial charge in [-0.2, -0.15) is 0 Å². The van der Waals surface area contributed by atoms with E-state index in [2.05, 4.69) is 12.2 Å². The van der Waals surface area contributed by atoms with Gasteiger partial charge in [-0.15, -0.1) is 0 Å². The Labute approximate surface area is 121 Å². The summed E-state index contributed by atoms with van der Waals surface area (Å²) in [7, 11) is 0. The van der Waals surface area contributed by atoms with Crippen molar-refractivity contribution in [3.63, 3.8) is 0 Å². The Kier molecular flexibility index (Phi) is 7.09. The molecule has 112 valence electrons. The quantitative estimate of drug-likeness (QED) is 0.766. The minimum absolute atomic E-state index is 0.00180. The third-order valence-electron chi connectivity index (χ3n) is 3.27. The fraction of sp³-hybridized carbons (Fsp3) is 0.562. The van der Waals surface area contributed by atoms with Gasteiger partial charge in [-0.05, 0) is 36.5 Å². The van der Waals surface area contributed by atoms with Crippen molar-refractivity contribution in [1.82, 2.24) is 5.32 Å². The maximum absolute atomic E-state index is 11.8. The molecule has 1 aromatic rings. The molecule has 1 aromatic carbocycles. The first kappa shape index (κ1) is 16.5. The van der Waals surface area contributed by atoms with E-state index in [4.69, 9.17) is 9.84 Å². The van der Waals surface area contributed by atoms with Crippen LogP contribution in [0.15, 0.2) is 24.3 Å². The van der Waals surface area contributed by atoms with E-state index in [9.17, 15) is 4.79 Å². The minimum atomic E-state index is -0.154. The highest BCUT2D eigenvalue weighted by atomic mass is 16.5. The molecular formula is C16H25NO3. The Bertz CT molecular complexity index is 418. The predicted molar refractivity (Wildman–Crippen MR) is 79.8 cm³/mol. The molecule has 0 aromatic heterocycles. The molecule has 0 aliphatic carbocycles. The average Bonchev–Trinajstić information content (AvgIpc) is 2.44. The lowest BCUT2D eigenvalue weighted by Crippen LogP contribution is -2.41. The Hall–Kier alpha value is -1.55. The molecule has 1 rings (SSSR count). The molecule has 4 heteroatoms. The largest absolute Gasteiger partial charge is 0.484 e. The van der Waals surface area contributed by atoms with Crippen molar-refractivity contribution < 1.29 is 14.6 Å². The summed E-state index contributed by atoms with van der Waals surface area (Å²) in [6.07, 6.45) is 1.50. The van der Waals surface area contributed by atoms with Gasteiger partial charge in [0.2, 0.25) is 0 Å². The van der Waals surface area contributed by atoms with Crippen molar-refractivity contribution in [3.8, 4) is 5.75 Å². The van der Waals surface area contributed by atoms with E-state index in [-0.39, 0.29) is 31.1 Å². The van der Waals surface area contributed by atoms with Gasteiger partial charge >= 0.3 is 0 Å². The Morgan fingerprint density at radius 1 is 1.40 bits per heavy atom. The number of hydrogen-bond donors (Lipinski definition) is 2. The number of aliphatic hydroxyl groups is 1. The minimum Gasteiger partial charge on any atom is -0.484 e. The van der Waals surface area contributed by atoms with Crippen LogP contribution >= 0.6 is 0 Å². The zero-order valence-corrected chi connectivity index (χ0v) is 12.6. The molecule has 0 aliphatic heterocycles. The lowest BCUT2D eigenvalue weighted by molar-refractivity contribution is -0.124. The Morgan fingerprint density at radius 3 is 2.75 bits per heavy atom. The fourth-order valence-electron chi connectivity index (χ4n) is 1.96. The van der Waals surface area contributed by atoms with Crippen molar-refractivity contribution in [2.45, 2.75) is 39.7 Å². The number of benzene rings is 1. The topological polar surface area (TPSA) is 58.6 Å². The second-order valence-electron chi connectivity index (χ2n) is 5.22. The summed E-state index contributed by atoms with van der Waals surface area (Å²) in [6.45, 7) is 6.19. The molecule has 0 saturated heterocycles. The molecule has 0 radical (unpaired) electrons. The molecular weight excluding hydrogens is 254 g/mol. The first-order chi connectivity index (χ1) is 9.56. The number of carbonyl (C=O) groups excluding carboxylic acids is 1. The van der Waals surface area contributed by atoms with Gasteiger partial charge in [0.05, 0.1) is 0 Å². The van der Waals surface area contributed by atoms with Crippen LogP contribution in [0.5, 0.6) is 5.75 Å². The van der Waals surface area contributed by atoms with Crippen LogP contribution in [-0.4, -0.2) is 30.3 Å².